The molecule has 162 valence electrons. The first-order valence-corrected chi connectivity index (χ1v) is 10.2. The molecule has 8 nitrogen and oxygen atoms in total. The van der Waals surface area contributed by atoms with Crippen LogP contribution in [0, 0.1) is 24.0 Å². The first-order chi connectivity index (χ1) is 15.5. The quantitative estimate of drug-likeness (QED) is 0.323. The number of anilines is 1. The third-order valence-electron chi connectivity index (χ3n) is 5.52. The monoisotopic (exact) mass is 429 g/mol. The van der Waals surface area contributed by atoms with Crippen molar-refractivity contribution in [2.45, 2.75) is 26.2 Å². The number of nitro benzene ring substituents is 1. The Morgan fingerprint density at radius 1 is 1.09 bits per heavy atom. The van der Waals surface area contributed by atoms with Crippen LogP contribution in [0.5, 0.6) is 0 Å². The van der Waals surface area contributed by atoms with Crippen molar-refractivity contribution in [3.05, 3.63) is 99.1 Å². The highest BCUT2D eigenvalue weighted by molar-refractivity contribution is 5.69. The summed E-state index contributed by atoms with van der Waals surface area (Å²) in [5.41, 5.74) is 4.96. The van der Waals surface area contributed by atoms with E-state index >= 15 is 0 Å². The highest BCUT2D eigenvalue weighted by Gasteiger charge is 2.25. The maximum Gasteiger partial charge on any atom is 0.269 e. The summed E-state index contributed by atoms with van der Waals surface area (Å²) in [5, 5.41) is 18.6. The molecular weight excluding hydrogens is 406 g/mol. The van der Waals surface area contributed by atoms with Crippen LogP contribution < -0.4 is 5.32 Å². The summed E-state index contributed by atoms with van der Waals surface area (Å²) >= 11 is 0. The van der Waals surface area contributed by atoms with Gasteiger partial charge >= 0.3 is 0 Å². The highest BCUT2D eigenvalue weighted by Crippen LogP contribution is 2.32. The average molecular weight is 429 g/mol. The van der Waals surface area contributed by atoms with Crippen molar-refractivity contribution >= 4 is 11.5 Å². The molecule has 4 rings (SSSR count). The molecule has 0 saturated carbocycles. The van der Waals surface area contributed by atoms with E-state index in [-0.39, 0.29) is 11.6 Å². The average Bonchev–Trinajstić information content (AvgIpc) is 3.29. The van der Waals surface area contributed by atoms with Gasteiger partial charge in [0.2, 0.25) is 11.7 Å². The van der Waals surface area contributed by atoms with E-state index in [1.807, 2.05) is 12.1 Å². The van der Waals surface area contributed by atoms with Crippen molar-refractivity contribution < 1.29 is 9.45 Å². The number of benzene rings is 2. The zero-order chi connectivity index (χ0) is 22.7. The Bertz CT molecular complexity index is 1270. The number of hydrogen-bond donors (Lipinski definition) is 1. The lowest BCUT2D eigenvalue weighted by Gasteiger charge is -2.14. The summed E-state index contributed by atoms with van der Waals surface area (Å²) in [6.07, 6.45) is 2.25. The molecule has 0 spiro atoms. The van der Waals surface area contributed by atoms with Crippen LogP contribution in [0.15, 0.2) is 65.3 Å². The number of hydrogen-bond acceptors (Lipinski definition) is 7. The topological polar surface area (TPSA) is 107 Å². The zero-order valence-corrected chi connectivity index (χ0v) is 18.1. The number of rotatable bonds is 7. The number of non-ortho nitro benzene ring substituents is 1. The molecule has 0 aliphatic rings. The molecule has 0 amide bonds. The predicted octanol–water partition coefficient (Wildman–Crippen LogP) is 5.07. The van der Waals surface area contributed by atoms with E-state index in [0.29, 0.717) is 29.5 Å². The number of nitrogens with one attached hydrogen (secondary N) is 1. The second-order valence-electron chi connectivity index (χ2n) is 7.63. The van der Waals surface area contributed by atoms with Crippen molar-refractivity contribution in [2.75, 3.05) is 12.4 Å². The fraction of sp³-hybridized carbons (Fsp3) is 0.208. The van der Waals surface area contributed by atoms with Gasteiger partial charge in [0.05, 0.1) is 16.4 Å². The molecule has 0 saturated heterocycles. The molecule has 0 bridgehead atoms. The summed E-state index contributed by atoms with van der Waals surface area (Å²) in [4.78, 5) is 19.9. The number of aromatic nitrogens is 3. The van der Waals surface area contributed by atoms with E-state index in [1.165, 1.54) is 17.2 Å². The van der Waals surface area contributed by atoms with Crippen LogP contribution >= 0.6 is 0 Å². The predicted molar refractivity (Wildman–Crippen MR) is 122 cm³/mol. The van der Waals surface area contributed by atoms with Crippen molar-refractivity contribution in [2.24, 2.45) is 0 Å². The number of nitrogens with zero attached hydrogens (tertiary/aromatic N) is 4. The smallest absolute Gasteiger partial charge is 0.269 e. The maximum absolute atomic E-state index is 11.4. The van der Waals surface area contributed by atoms with Crippen molar-refractivity contribution in [3.8, 4) is 11.4 Å². The van der Waals surface area contributed by atoms with Gasteiger partial charge in [0, 0.05) is 25.4 Å². The highest BCUT2D eigenvalue weighted by atomic mass is 16.6. The lowest BCUT2D eigenvalue weighted by molar-refractivity contribution is -0.384. The molecule has 0 aliphatic carbocycles. The van der Waals surface area contributed by atoms with Gasteiger partial charge in [0.1, 0.15) is 5.82 Å². The van der Waals surface area contributed by atoms with Gasteiger partial charge in [-0.05, 0) is 54.7 Å². The molecule has 8 heteroatoms. The minimum atomic E-state index is -0.398. The third kappa shape index (κ3) is 4.34. The fourth-order valence-corrected chi connectivity index (χ4v) is 3.64. The minimum Gasteiger partial charge on any atom is -0.373 e. The minimum absolute atomic E-state index is 0.0251. The van der Waals surface area contributed by atoms with Gasteiger partial charge in [-0.3, -0.25) is 10.1 Å². The summed E-state index contributed by atoms with van der Waals surface area (Å²) in [6, 6.07) is 16.5. The molecule has 0 aliphatic heterocycles. The van der Waals surface area contributed by atoms with Crippen LogP contribution in [-0.4, -0.2) is 27.1 Å². The Balaban J connectivity index is 1.77. The first kappa shape index (κ1) is 21.2. The normalized spacial score (nSPS) is 11.8. The van der Waals surface area contributed by atoms with Gasteiger partial charge < -0.3 is 9.84 Å². The maximum atomic E-state index is 11.4. The van der Waals surface area contributed by atoms with E-state index in [2.05, 4.69) is 52.5 Å². The van der Waals surface area contributed by atoms with Crippen LogP contribution in [0.25, 0.3) is 11.4 Å². The van der Waals surface area contributed by atoms with Crippen LogP contribution in [0.2, 0.25) is 0 Å². The molecule has 1 atom stereocenters. The van der Waals surface area contributed by atoms with E-state index in [4.69, 9.17) is 4.52 Å². The molecule has 2 aromatic heterocycles. The van der Waals surface area contributed by atoms with Crippen LogP contribution in [0.1, 0.15) is 34.1 Å². The Morgan fingerprint density at radius 3 is 2.69 bits per heavy atom. The second-order valence-corrected chi connectivity index (χ2v) is 7.63. The Morgan fingerprint density at radius 2 is 1.94 bits per heavy atom. The number of aryl methyl sites for hydroxylation is 2. The summed E-state index contributed by atoms with van der Waals surface area (Å²) in [5.74, 6) is 1.10. The summed E-state index contributed by atoms with van der Waals surface area (Å²) in [6.45, 7) is 4.13. The molecular formula is C24H23N5O3. The van der Waals surface area contributed by atoms with E-state index in [1.54, 1.807) is 31.4 Å². The largest absolute Gasteiger partial charge is 0.373 e. The SMILES string of the molecule is CNc1ncccc1-c1noc(C(Cc2ccc(C)c(C)c2)c2cccc([N+](=O)[O-])c2)n1. The van der Waals surface area contributed by atoms with Gasteiger partial charge in [0.15, 0.2) is 0 Å². The van der Waals surface area contributed by atoms with Crippen molar-refractivity contribution in [1.82, 2.24) is 15.1 Å². The van der Waals surface area contributed by atoms with Gasteiger partial charge in [-0.15, -0.1) is 0 Å². The summed E-state index contributed by atoms with van der Waals surface area (Å²) in [7, 11) is 1.78. The van der Waals surface area contributed by atoms with Gasteiger partial charge in [-0.2, -0.15) is 4.98 Å². The summed E-state index contributed by atoms with van der Waals surface area (Å²) < 4.78 is 5.68. The molecule has 2 aromatic carbocycles. The fourth-order valence-electron chi connectivity index (χ4n) is 3.64. The molecule has 4 aromatic rings. The molecule has 32 heavy (non-hydrogen) atoms. The molecule has 1 unspecified atom stereocenters. The number of nitro groups is 1. The lowest BCUT2D eigenvalue weighted by Crippen LogP contribution is -2.07. The molecule has 0 radical (unpaired) electrons. The third-order valence-corrected chi connectivity index (χ3v) is 5.52. The van der Waals surface area contributed by atoms with Crippen LogP contribution in [-0.2, 0) is 6.42 Å². The Labute approximate surface area is 185 Å². The molecule has 2 heterocycles. The Hall–Kier alpha value is -4.07. The molecule has 0 fully saturated rings. The standard InChI is InChI=1S/C24H23N5O3/c1-15-9-10-17(12-16(15)2)13-21(18-6-4-7-19(14-18)29(30)31)24-27-23(28-32-24)20-8-5-11-26-22(20)25-3/h4-12,14,21H,13H2,1-3H3,(H,25,26). The first-order valence-electron chi connectivity index (χ1n) is 10.2. The van der Waals surface area contributed by atoms with Crippen LogP contribution in [0.3, 0.4) is 0 Å². The van der Waals surface area contributed by atoms with E-state index in [0.717, 1.165) is 11.1 Å². The van der Waals surface area contributed by atoms with Crippen molar-refractivity contribution in [1.29, 1.82) is 0 Å². The van der Waals surface area contributed by atoms with Crippen molar-refractivity contribution in [3.63, 3.8) is 0 Å². The molecule has 1 N–H and O–H groups in total. The van der Waals surface area contributed by atoms with Gasteiger partial charge in [0.25, 0.3) is 5.69 Å². The number of pyridine rings is 1. The van der Waals surface area contributed by atoms with Gasteiger partial charge in [-0.1, -0.05) is 35.5 Å². The van der Waals surface area contributed by atoms with E-state index in [9.17, 15) is 10.1 Å². The zero-order valence-electron chi connectivity index (χ0n) is 18.1. The lowest BCUT2D eigenvalue weighted by atomic mass is 9.90. The van der Waals surface area contributed by atoms with Crippen LogP contribution in [0.4, 0.5) is 11.5 Å². The Kier molecular flexibility index (Phi) is 5.93. The van der Waals surface area contributed by atoms with E-state index < -0.39 is 4.92 Å². The van der Waals surface area contributed by atoms with Gasteiger partial charge in [-0.25, -0.2) is 4.98 Å². The second kappa shape index (κ2) is 8.97.